The van der Waals surface area contributed by atoms with E-state index in [2.05, 4.69) is 29.9 Å². The minimum Gasteiger partial charge on any atom is -0.496 e. The first-order valence-corrected chi connectivity index (χ1v) is 46.5. The largest absolute Gasteiger partial charge is 0.496 e. The van der Waals surface area contributed by atoms with Gasteiger partial charge in [-0.25, -0.2) is 75.4 Å². The summed E-state index contributed by atoms with van der Waals surface area (Å²) in [5.74, 6) is -8.68. The van der Waals surface area contributed by atoms with Gasteiger partial charge in [-0.1, -0.05) is 53.1 Å². The Morgan fingerprint density at radius 3 is 1.21 bits per heavy atom. The minimum atomic E-state index is -4.60. The van der Waals surface area contributed by atoms with Crippen LogP contribution in [0.4, 0.5) is 98.1 Å². The van der Waals surface area contributed by atoms with Gasteiger partial charge in [-0.3, -0.25) is 24.3 Å². The van der Waals surface area contributed by atoms with E-state index >= 15 is 0 Å². The second kappa shape index (κ2) is 40.4. The van der Waals surface area contributed by atoms with Gasteiger partial charge in [0.1, 0.15) is 35.6 Å². The van der Waals surface area contributed by atoms with Crippen LogP contribution in [0.2, 0.25) is 0 Å². The van der Waals surface area contributed by atoms with Crippen molar-refractivity contribution >= 4 is 54.0 Å². The van der Waals surface area contributed by atoms with Crippen LogP contribution in [0.1, 0.15) is 184 Å². The van der Waals surface area contributed by atoms with Crippen LogP contribution in [-0.4, -0.2) is 198 Å². The predicted molar refractivity (Wildman–Crippen MR) is 496 cm³/mol. The molecule has 3 aromatic heterocycles. The first-order chi connectivity index (χ1) is 68.4. The molecule has 18 rings (SSSR count). The highest BCUT2D eigenvalue weighted by Gasteiger charge is 2.52. The molecule has 3 amide bonds. The second-order valence-corrected chi connectivity index (χ2v) is 37.2. The molecule has 6 aliphatic heterocycles. The van der Waals surface area contributed by atoms with Gasteiger partial charge in [-0.2, -0.15) is 39.5 Å². The average Bonchev–Trinajstić information content (AvgIpc) is 1.46. The number of hydrogen-bond donors (Lipinski definition) is 0. The maximum atomic E-state index is 13.8. The minimum absolute atomic E-state index is 0.0318. The zero-order valence-corrected chi connectivity index (χ0v) is 80.7. The number of rotatable bonds is 26. The molecule has 0 bridgehead atoms. The van der Waals surface area contributed by atoms with Gasteiger partial charge in [0.05, 0.1) is 170 Å². The van der Waals surface area contributed by atoms with E-state index in [0.717, 1.165) is 82.6 Å². The Labute approximate surface area is 822 Å². The van der Waals surface area contributed by atoms with E-state index in [0.29, 0.717) is 90.7 Å². The molecule has 7 aromatic carbocycles. The van der Waals surface area contributed by atoms with Crippen molar-refractivity contribution in [2.45, 2.75) is 192 Å². The Hall–Kier alpha value is -14.3. The molecule has 9 atom stereocenters. The van der Waals surface area contributed by atoms with E-state index in [9.17, 15) is 94.6 Å². The van der Waals surface area contributed by atoms with Crippen LogP contribution in [0.15, 0.2) is 140 Å². The molecule has 1 saturated carbocycles. The number of aryl methyl sites for hydroxylation is 5. The standard InChI is InChI=1S/C36H33F5N4O5.C34H35F5N4O5.C33H33F5N4O5/c1-19-10-24(13-25(11-19)36(39,40)41)31-21(3)45(34(47)50-31)16-29-28(15-42-33(43-29)44-17-35(37,38)18-44)27-14-22(7-9-30(27)48-4)26-8-6-23(12-20(26)2)32(46)49-5;1-5-47-29(44)12-21-7-6-20-11-28(46-4)25(13-24(20)21)26-14-40-31(42-16-33(35,36)17-42)41-27(26)15-43-19(3)30(48-32(43)45)22-8-18(2)9-23(10-22)34(37,38)39;1-5-46-29(43)24-12-22(24)19-6-7-27(45-4)23(11-19)25-13-39-30(41-15-32(34,35)16-41)40-26(25)14-42-18(3)28(47-31(42)44)20-8-17(2)9-21(10-20)33(36,37)38/h6-15,21,31H,16-18H2,1-5H3;8-11,13-14,19,21,30H,5-7,12,15-17H2,1-4H3;6-11,13,18,22,24,28H,5,12,14-16H2,1-4H3/t21-,31-;19-,21-,30-;18-,22?,24+,28-/m000/s1. The van der Waals surface area contributed by atoms with E-state index in [4.69, 9.17) is 42.6 Å². The summed E-state index contributed by atoms with van der Waals surface area (Å²) >= 11 is 0. The van der Waals surface area contributed by atoms with Crippen LogP contribution in [0.5, 0.6) is 17.2 Å². The molecule has 2 aliphatic carbocycles. The number of carbonyl (C=O) groups is 6. The number of cyclic esters (lactones) is 3. The number of benzene rings is 7. The molecule has 0 radical (unpaired) electrons. The van der Waals surface area contributed by atoms with E-state index < -0.39 is 153 Å². The Morgan fingerprint density at radius 1 is 0.441 bits per heavy atom. The molecule has 10 aromatic rings. The number of amides is 3. The summed E-state index contributed by atoms with van der Waals surface area (Å²) in [6.45, 7) is 11.5. The summed E-state index contributed by atoms with van der Waals surface area (Å²) in [6, 6.07) is 28.3. The molecular weight excluding hydrogens is 1930 g/mol. The third-order valence-corrected chi connectivity index (χ3v) is 26.8. The molecule has 9 heterocycles. The lowest BCUT2D eigenvalue weighted by atomic mass is 9.93. The van der Waals surface area contributed by atoms with Gasteiger partial charge >= 0.3 is 54.7 Å². The van der Waals surface area contributed by atoms with Crippen LogP contribution in [0.25, 0.3) is 44.5 Å². The van der Waals surface area contributed by atoms with E-state index in [1.165, 1.54) is 97.2 Å². The van der Waals surface area contributed by atoms with Crippen molar-refractivity contribution in [2.75, 3.05) is 95.6 Å². The van der Waals surface area contributed by atoms with Crippen molar-refractivity contribution in [3.63, 3.8) is 0 Å². The number of aromatic nitrogens is 6. The molecule has 7 fully saturated rings. The monoisotopic (exact) mass is 2030 g/mol. The highest BCUT2D eigenvalue weighted by molar-refractivity contribution is 5.91. The van der Waals surface area contributed by atoms with E-state index in [-0.39, 0.29) is 109 Å². The van der Waals surface area contributed by atoms with Crippen LogP contribution in [0, 0.1) is 33.6 Å². The van der Waals surface area contributed by atoms with Gasteiger partial charge in [0.2, 0.25) is 17.8 Å². The highest BCUT2D eigenvalue weighted by atomic mass is 19.4. The number of alkyl halides is 15. The van der Waals surface area contributed by atoms with Gasteiger partial charge < -0.3 is 57.3 Å². The fourth-order valence-electron chi connectivity index (χ4n) is 19.4. The number of ether oxygens (including phenoxy) is 9. The summed E-state index contributed by atoms with van der Waals surface area (Å²) in [6.07, 6.45) is -12.4. The lowest BCUT2D eigenvalue weighted by Gasteiger charge is -2.38. The summed E-state index contributed by atoms with van der Waals surface area (Å²) in [5, 5.41) is 0. The summed E-state index contributed by atoms with van der Waals surface area (Å²) < 4.78 is 254. The molecule has 42 heteroatoms. The second-order valence-electron chi connectivity index (χ2n) is 37.2. The van der Waals surface area contributed by atoms with Crippen molar-refractivity contribution in [3.05, 3.63) is 235 Å². The smallest absolute Gasteiger partial charge is 0.416 e. The summed E-state index contributed by atoms with van der Waals surface area (Å²) in [5.41, 5.74) is 8.53. The highest BCUT2D eigenvalue weighted by Crippen LogP contribution is 2.53. The molecule has 0 N–H and O–H groups in total. The normalized spacial score (nSPS) is 21.0. The third-order valence-electron chi connectivity index (χ3n) is 26.8. The first-order valence-electron chi connectivity index (χ1n) is 46.5. The number of anilines is 3. The number of halogens is 15. The van der Waals surface area contributed by atoms with Crippen LogP contribution >= 0.6 is 0 Å². The number of esters is 3. The quantitative estimate of drug-likeness (QED) is 0.0276. The Bertz CT molecular complexity index is 6670. The molecule has 0 spiro atoms. The molecule has 145 heavy (non-hydrogen) atoms. The number of hydrogen-bond acceptors (Lipinski definition) is 24. The van der Waals surface area contributed by atoms with Gasteiger partial charge in [0.25, 0.3) is 17.8 Å². The molecular formula is C103H101F15N12O15. The summed E-state index contributed by atoms with van der Waals surface area (Å²) in [7, 11) is 5.77. The van der Waals surface area contributed by atoms with Crippen LogP contribution < -0.4 is 28.9 Å². The fraction of sp³-hybridized carbons (Fsp3) is 0.417. The van der Waals surface area contributed by atoms with Gasteiger partial charge in [-0.05, 0) is 228 Å². The molecule has 8 aliphatic rings. The van der Waals surface area contributed by atoms with Crippen LogP contribution in [0.3, 0.4) is 0 Å². The maximum Gasteiger partial charge on any atom is 0.416 e. The number of methoxy groups -OCH3 is 4. The Morgan fingerprint density at radius 2 is 0.834 bits per heavy atom. The van der Waals surface area contributed by atoms with Gasteiger partial charge in [-0.15, -0.1) is 0 Å². The van der Waals surface area contributed by atoms with Crippen molar-refractivity contribution in [1.82, 2.24) is 44.6 Å². The van der Waals surface area contributed by atoms with Gasteiger partial charge in [0.15, 0.2) is 0 Å². The fourth-order valence-corrected chi connectivity index (χ4v) is 19.4. The van der Waals surface area contributed by atoms with Crippen molar-refractivity contribution in [2.24, 2.45) is 5.92 Å². The lowest BCUT2D eigenvalue weighted by molar-refractivity contribution is -0.145. The first kappa shape index (κ1) is 104. The number of fused-ring (bicyclic) bond motifs is 1. The average molecular weight is 2030 g/mol. The zero-order valence-electron chi connectivity index (χ0n) is 80.7. The van der Waals surface area contributed by atoms with Crippen molar-refractivity contribution < 1.29 is 137 Å². The van der Waals surface area contributed by atoms with Gasteiger partial charge in [0, 0.05) is 52.0 Å². The van der Waals surface area contributed by atoms with Crippen molar-refractivity contribution in [3.8, 4) is 61.8 Å². The molecule has 27 nitrogen and oxygen atoms in total. The topological polar surface area (TPSA) is 282 Å². The maximum absolute atomic E-state index is 13.8. The Kier molecular flexibility index (Phi) is 28.9. The molecule has 1 unspecified atom stereocenters. The van der Waals surface area contributed by atoms with Crippen molar-refractivity contribution in [1.29, 1.82) is 0 Å². The lowest BCUT2D eigenvalue weighted by Crippen LogP contribution is -2.57. The number of nitrogens with zero attached hydrogens (tertiary/aromatic N) is 12. The molecule has 768 valence electrons. The predicted octanol–water partition coefficient (Wildman–Crippen LogP) is 21.5. The molecule has 6 saturated heterocycles. The van der Waals surface area contributed by atoms with E-state index in [1.54, 1.807) is 83.1 Å². The van der Waals surface area contributed by atoms with Crippen LogP contribution in [-0.2, 0) is 82.6 Å². The van der Waals surface area contributed by atoms with E-state index in [1.807, 2.05) is 43.3 Å². The third kappa shape index (κ3) is 22.2. The zero-order chi connectivity index (χ0) is 104. The summed E-state index contributed by atoms with van der Waals surface area (Å²) in [4.78, 5) is 112. The SMILES string of the molecule is CCOC(=O)C[C@@H]1CCc2cc(OC)c(-c3cnc(N4CC(F)(F)C4)nc3CN3C(=O)O[C@H](c4cc(C)cc(C(F)(F)F)c4)[C@@H]3C)cc21.CCOC(=O)[C@@H]1CC1c1ccc(OC)c(-c2cnc(N3CC(F)(F)C3)nc2CN2C(=O)O[C@H](c3cc(C)cc(C(F)(F)F)c3)[C@@H]2C)c1.COC(=O)c1ccc(-c2ccc(OC)c(-c3cnc(N4CC(F)(F)C4)nc3CN3C(=O)O[C@H](c4cc(C)cc(C(F)(F)F)c4)[C@@H]3C)c2)c(C)c1. The number of carbonyl (C=O) groups excluding carboxylic acids is 6. The Balaban J connectivity index is 0.000000156.